The van der Waals surface area contributed by atoms with Crippen LogP contribution < -0.4 is 0 Å². The van der Waals surface area contributed by atoms with Crippen LogP contribution in [-0.4, -0.2) is 15.5 Å². The Labute approximate surface area is 196 Å². The number of aromatic nitrogens is 1. The fourth-order valence-electron chi connectivity index (χ4n) is 4.39. The highest BCUT2D eigenvalue weighted by Gasteiger charge is 2.23. The summed E-state index contributed by atoms with van der Waals surface area (Å²) in [7, 11) is 0. The fraction of sp³-hybridized carbons (Fsp3) is 0.107. The molecule has 3 aromatic carbocycles. The van der Waals surface area contributed by atoms with Gasteiger partial charge in [0.2, 0.25) is 0 Å². The van der Waals surface area contributed by atoms with Crippen molar-refractivity contribution in [1.29, 1.82) is 0 Å². The minimum Gasteiger partial charge on any atom is -0.422 e. The maximum atomic E-state index is 12.6. The largest absolute Gasteiger partial charge is 0.422 e. The zero-order valence-corrected chi connectivity index (χ0v) is 19.0. The first kappa shape index (κ1) is 21.4. The molecule has 1 aromatic heterocycles. The molecule has 6 nitrogen and oxygen atoms in total. The molecule has 1 aliphatic heterocycles. The molecular weight excluding hydrogens is 428 g/mol. The quantitative estimate of drug-likeness (QED) is 0.155. The van der Waals surface area contributed by atoms with Gasteiger partial charge in [0.1, 0.15) is 5.76 Å². The number of cyclic esters (lactones) is 1. The van der Waals surface area contributed by atoms with Gasteiger partial charge in [-0.2, -0.15) is 0 Å². The number of carbonyl (C=O) groups excluding carboxylic acids is 1. The predicted molar refractivity (Wildman–Crippen MR) is 133 cm³/mol. The molecule has 5 rings (SSSR count). The summed E-state index contributed by atoms with van der Waals surface area (Å²) in [4.78, 5) is 23.4. The first-order valence-corrected chi connectivity index (χ1v) is 10.9. The number of ether oxygens (including phenoxy) is 1. The second kappa shape index (κ2) is 8.15. The second-order valence-electron chi connectivity index (χ2n) is 8.50. The van der Waals surface area contributed by atoms with Crippen molar-refractivity contribution in [3.05, 3.63) is 117 Å². The number of nitrogens with zero attached hydrogens (tertiary/aromatic N) is 2. The molecule has 0 aliphatic carbocycles. The molecule has 0 spiro atoms. The van der Waals surface area contributed by atoms with E-state index in [1.54, 1.807) is 24.3 Å². The van der Waals surface area contributed by atoms with Gasteiger partial charge < -0.3 is 9.30 Å². The van der Waals surface area contributed by atoms with E-state index >= 15 is 0 Å². The average molecular weight is 450 g/mol. The highest BCUT2D eigenvalue weighted by molar-refractivity contribution is 6.05. The van der Waals surface area contributed by atoms with Crippen LogP contribution in [0.4, 0.5) is 5.69 Å². The molecule has 1 aliphatic rings. The average Bonchev–Trinajstić information content (AvgIpc) is 3.32. The van der Waals surface area contributed by atoms with Gasteiger partial charge in [0.15, 0.2) is 0 Å². The molecule has 4 aromatic rings. The summed E-state index contributed by atoms with van der Waals surface area (Å²) >= 11 is 0. The molecule has 0 bridgehead atoms. The molecule has 0 unspecified atom stereocenters. The van der Waals surface area contributed by atoms with Gasteiger partial charge >= 0.3 is 5.97 Å². The van der Waals surface area contributed by atoms with Gasteiger partial charge in [-0.15, -0.1) is 0 Å². The third-order valence-electron chi connectivity index (χ3n) is 6.09. The molecule has 168 valence electrons. The zero-order valence-electron chi connectivity index (χ0n) is 19.0. The Kier molecular flexibility index (Phi) is 5.13. The molecule has 0 fully saturated rings. The lowest BCUT2D eigenvalue weighted by Crippen LogP contribution is -2.00. The molecule has 34 heavy (non-hydrogen) atoms. The molecule has 0 atom stereocenters. The minimum absolute atomic E-state index is 0.0300. The van der Waals surface area contributed by atoms with E-state index < -0.39 is 10.9 Å². The van der Waals surface area contributed by atoms with Gasteiger partial charge in [0.05, 0.1) is 16.2 Å². The number of carbonyl (C=O) groups is 1. The van der Waals surface area contributed by atoms with Crippen LogP contribution in [0.3, 0.4) is 0 Å². The molecular formula is C28H22N2O4. The van der Waals surface area contributed by atoms with E-state index in [9.17, 15) is 14.9 Å². The van der Waals surface area contributed by atoms with E-state index in [1.807, 2.05) is 48.7 Å². The number of non-ortho nitro benzene ring substituents is 1. The normalized spacial score (nSPS) is 14.5. The van der Waals surface area contributed by atoms with Gasteiger partial charge in [-0.3, -0.25) is 10.1 Å². The van der Waals surface area contributed by atoms with Crippen molar-refractivity contribution in [2.75, 3.05) is 0 Å². The van der Waals surface area contributed by atoms with Crippen molar-refractivity contribution in [3.63, 3.8) is 0 Å². The van der Waals surface area contributed by atoms with Crippen molar-refractivity contribution in [2.45, 2.75) is 20.8 Å². The number of esters is 1. The van der Waals surface area contributed by atoms with Crippen LogP contribution in [0.15, 0.2) is 78.4 Å². The summed E-state index contributed by atoms with van der Waals surface area (Å²) in [5.41, 5.74) is 5.86. The fourth-order valence-corrected chi connectivity index (χ4v) is 4.39. The predicted octanol–water partition coefficient (Wildman–Crippen LogP) is 6.45. The van der Waals surface area contributed by atoms with E-state index in [0.29, 0.717) is 17.0 Å². The van der Waals surface area contributed by atoms with Gasteiger partial charge in [0.25, 0.3) is 5.69 Å². The number of nitro groups is 1. The number of nitro benzene ring substituents is 1. The Morgan fingerprint density at radius 2 is 1.71 bits per heavy atom. The van der Waals surface area contributed by atoms with Gasteiger partial charge in [-0.05, 0) is 67.5 Å². The third-order valence-corrected chi connectivity index (χ3v) is 6.09. The molecule has 0 radical (unpaired) electrons. The maximum Gasteiger partial charge on any atom is 0.343 e. The number of fused-ring (bicyclic) bond motifs is 1. The van der Waals surface area contributed by atoms with Gasteiger partial charge in [-0.25, -0.2) is 4.79 Å². The van der Waals surface area contributed by atoms with Crippen LogP contribution >= 0.6 is 0 Å². The molecule has 6 heteroatoms. The first-order valence-electron chi connectivity index (χ1n) is 10.9. The van der Waals surface area contributed by atoms with Crippen molar-refractivity contribution in [2.24, 2.45) is 0 Å². The smallest absolute Gasteiger partial charge is 0.343 e. The summed E-state index contributed by atoms with van der Waals surface area (Å²) in [6.07, 6.45) is 3.56. The summed E-state index contributed by atoms with van der Waals surface area (Å²) < 4.78 is 7.52. The van der Waals surface area contributed by atoms with Crippen molar-refractivity contribution in [3.8, 4) is 5.69 Å². The van der Waals surface area contributed by atoms with Crippen LogP contribution in [0.5, 0.6) is 0 Å². The standard InChI is InChI=1S/C28H22N2O4/c1-17-7-8-21-13-22(10-9-20(21)11-17)27-15-24(28(31)34-27)14-23-12-18(2)29(19(23)3)25-5-4-6-26(16-25)30(32)33/h4-16H,1-3H3/b24-14-. The Morgan fingerprint density at radius 1 is 0.941 bits per heavy atom. The van der Waals surface area contributed by atoms with Crippen molar-refractivity contribution in [1.82, 2.24) is 4.57 Å². The van der Waals surface area contributed by atoms with Crippen LogP contribution in [0.25, 0.3) is 28.3 Å². The van der Waals surface area contributed by atoms with Crippen molar-refractivity contribution < 1.29 is 14.5 Å². The number of aryl methyl sites for hydroxylation is 2. The summed E-state index contributed by atoms with van der Waals surface area (Å²) in [6, 6.07) is 20.7. The van der Waals surface area contributed by atoms with Gasteiger partial charge in [0, 0.05) is 29.1 Å². The van der Waals surface area contributed by atoms with Gasteiger partial charge in [-0.1, -0.05) is 42.0 Å². The first-order chi connectivity index (χ1) is 16.3. The van der Waals surface area contributed by atoms with E-state index in [1.165, 1.54) is 11.6 Å². The lowest BCUT2D eigenvalue weighted by atomic mass is 10.0. The highest BCUT2D eigenvalue weighted by Crippen LogP contribution is 2.31. The van der Waals surface area contributed by atoms with E-state index in [2.05, 4.69) is 25.1 Å². The Hall–Kier alpha value is -4.45. The highest BCUT2D eigenvalue weighted by atomic mass is 16.6. The lowest BCUT2D eigenvalue weighted by Gasteiger charge is -2.09. The second-order valence-corrected chi connectivity index (χ2v) is 8.50. The molecule has 0 saturated heterocycles. The molecule has 0 N–H and O–H groups in total. The summed E-state index contributed by atoms with van der Waals surface area (Å²) in [5, 5.41) is 13.4. The van der Waals surface area contributed by atoms with Crippen LogP contribution in [0.1, 0.15) is 28.1 Å². The SMILES string of the molecule is Cc1ccc2cc(C3=C/C(=C/c4cc(C)n(-c5cccc([N+](=O)[O-])c5)c4C)C(=O)O3)ccc2c1. The summed E-state index contributed by atoms with van der Waals surface area (Å²) in [5.74, 6) is 0.116. The monoisotopic (exact) mass is 450 g/mol. The van der Waals surface area contributed by atoms with E-state index in [0.717, 1.165) is 33.3 Å². The maximum absolute atomic E-state index is 12.6. The van der Waals surface area contributed by atoms with E-state index in [4.69, 9.17) is 4.74 Å². The molecule has 0 amide bonds. The number of rotatable bonds is 4. The van der Waals surface area contributed by atoms with Crippen LogP contribution in [0.2, 0.25) is 0 Å². The van der Waals surface area contributed by atoms with E-state index in [-0.39, 0.29) is 5.69 Å². The zero-order chi connectivity index (χ0) is 24.0. The molecule has 0 saturated carbocycles. The summed E-state index contributed by atoms with van der Waals surface area (Å²) in [6.45, 7) is 5.91. The van der Waals surface area contributed by atoms with Crippen LogP contribution in [-0.2, 0) is 9.53 Å². The lowest BCUT2D eigenvalue weighted by molar-refractivity contribution is -0.384. The minimum atomic E-state index is -0.407. The van der Waals surface area contributed by atoms with Crippen molar-refractivity contribution >= 4 is 34.3 Å². The third kappa shape index (κ3) is 3.79. The molecule has 2 heterocycles. The van der Waals surface area contributed by atoms with Crippen LogP contribution in [0, 0.1) is 30.9 Å². The Morgan fingerprint density at radius 3 is 2.50 bits per heavy atom. The topological polar surface area (TPSA) is 74.4 Å². The number of hydrogen-bond donors (Lipinski definition) is 0. The Bertz CT molecular complexity index is 1560. The Balaban J connectivity index is 1.51. The number of hydrogen-bond acceptors (Lipinski definition) is 4. The number of benzene rings is 3.